The van der Waals surface area contributed by atoms with E-state index in [0.717, 1.165) is 0 Å². The zero-order chi connectivity index (χ0) is 15.2. The molecule has 10 heteroatoms. The molecule has 3 N–H and O–H groups in total. The Morgan fingerprint density at radius 2 is 2.10 bits per heavy atom. The third-order valence-corrected chi connectivity index (χ3v) is 3.92. The molecule has 1 aromatic heterocycles. The van der Waals surface area contributed by atoms with Gasteiger partial charge in [-0.15, -0.1) is 0 Å². The molecule has 0 unspecified atom stereocenters. The number of halogens is 3. The molecule has 1 rings (SSSR count). The highest BCUT2D eigenvalue weighted by molar-refractivity contribution is 7.89. The summed E-state index contributed by atoms with van der Waals surface area (Å²) >= 11 is 0. The second-order valence-electron chi connectivity index (χ2n) is 4.12. The van der Waals surface area contributed by atoms with Crippen molar-refractivity contribution in [3.8, 4) is 0 Å². The third kappa shape index (κ3) is 5.47. The van der Waals surface area contributed by atoms with Crippen LogP contribution >= 0.6 is 0 Å². The molecule has 0 aromatic carbocycles. The summed E-state index contributed by atoms with van der Waals surface area (Å²) in [6.07, 6.45) is -4.25. The number of nitrogens with one attached hydrogen (secondary N) is 3. The minimum atomic E-state index is -4.28. The van der Waals surface area contributed by atoms with Gasteiger partial charge < -0.3 is 5.32 Å². The second kappa shape index (κ2) is 7.04. The Labute approximate surface area is 115 Å². The van der Waals surface area contributed by atoms with Crippen molar-refractivity contribution in [3.63, 3.8) is 0 Å². The maximum atomic E-state index is 12.0. The lowest BCUT2D eigenvalue weighted by Crippen LogP contribution is -2.27. The van der Waals surface area contributed by atoms with Crippen LogP contribution in [-0.2, 0) is 16.6 Å². The van der Waals surface area contributed by atoms with Gasteiger partial charge in [-0.2, -0.15) is 18.3 Å². The fourth-order valence-electron chi connectivity index (χ4n) is 1.49. The van der Waals surface area contributed by atoms with Gasteiger partial charge in [-0.25, -0.2) is 13.1 Å². The van der Waals surface area contributed by atoms with Gasteiger partial charge in [0.25, 0.3) is 10.0 Å². The minimum absolute atomic E-state index is 0.120. The van der Waals surface area contributed by atoms with Crippen LogP contribution in [0, 0.1) is 0 Å². The average molecular weight is 314 g/mol. The molecule has 0 radical (unpaired) electrons. The molecule has 1 heterocycles. The summed E-state index contributed by atoms with van der Waals surface area (Å²) in [5.74, 6) is 0. The zero-order valence-electron chi connectivity index (χ0n) is 10.9. The highest BCUT2D eigenvalue weighted by Gasteiger charge is 2.27. The molecular formula is C10H17F3N4O2S. The Bertz CT molecular complexity index is 513. The first kappa shape index (κ1) is 16.9. The van der Waals surface area contributed by atoms with E-state index in [1.807, 2.05) is 6.92 Å². The molecule has 0 saturated carbocycles. The first-order valence-electron chi connectivity index (χ1n) is 6.05. The van der Waals surface area contributed by atoms with Crippen molar-refractivity contribution < 1.29 is 21.6 Å². The number of alkyl halides is 3. The highest BCUT2D eigenvalue weighted by Crippen LogP contribution is 2.21. The summed E-state index contributed by atoms with van der Waals surface area (Å²) in [4.78, 5) is 0. The van der Waals surface area contributed by atoms with E-state index in [1.165, 1.54) is 6.20 Å². The Kier molecular flexibility index (Phi) is 5.96. The largest absolute Gasteiger partial charge is 0.389 e. The second-order valence-corrected chi connectivity index (χ2v) is 5.82. The Morgan fingerprint density at radius 1 is 1.40 bits per heavy atom. The van der Waals surface area contributed by atoms with Gasteiger partial charge in [0.15, 0.2) is 5.03 Å². The number of sulfonamides is 1. The highest BCUT2D eigenvalue weighted by atomic mass is 32.2. The topological polar surface area (TPSA) is 86.9 Å². The number of hydrogen-bond acceptors (Lipinski definition) is 4. The van der Waals surface area contributed by atoms with Crippen LogP contribution in [0.3, 0.4) is 0 Å². The van der Waals surface area contributed by atoms with Gasteiger partial charge in [0.2, 0.25) is 0 Å². The number of H-pyrrole nitrogens is 1. The van der Waals surface area contributed by atoms with Gasteiger partial charge in [0, 0.05) is 25.1 Å². The van der Waals surface area contributed by atoms with Crippen LogP contribution in [0.25, 0.3) is 0 Å². The molecule has 6 nitrogen and oxygen atoms in total. The SMILES string of the molecule is CCNCc1cn[nH]c1S(=O)(=O)NCCCC(F)(F)F. The van der Waals surface area contributed by atoms with Gasteiger partial charge in [0.1, 0.15) is 0 Å². The number of rotatable bonds is 8. The molecule has 0 aliphatic carbocycles. The quantitative estimate of drug-likeness (QED) is 0.628. The van der Waals surface area contributed by atoms with Crippen molar-refractivity contribution in [1.82, 2.24) is 20.2 Å². The van der Waals surface area contributed by atoms with Crippen molar-refractivity contribution >= 4 is 10.0 Å². The summed E-state index contributed by atoms with van der Waals surface area (Å²) in [5, 5.41) is 8.82. The van der Waals surface area contributed by atoms with Crippen LogP contribution in [0.15, 0.2) is 11.2 Å². The van der Waals surface area contributed by atoms with Crippen molar-refractivity contribution in [2.75, 3.05) is 13.1 Å². The average Bonchev–Trinajstić information content (AvgIpc) is 2.80. The number of aromatic amines is 1. The van der Waals surface area contributed by atoms with Gasteiger partial charge in [0.05, 0.1) is 6.20 Å². The molecule has 20 heavy (non-hydrogen) atoms. The number of hydrogen-bond donors (Lipinski definition) is 3. The summed E-state index contributed by atoms with van der Waals surface area (Å²) in [6.45, 7) is 2.56. The van der Waals surface area contributed by atoms with Gasteiger partial charge in [-0.05, 0) is 13.0 Å². The maximum Gasteiger partial charge on any atom is 0.389 e. The van der Waals surface area contributed by atoms with Gasteiger partial charge in [-0.1, -0.05) is 6.92 Å². The van der Waals surface area contributed by atoms with Crippen molar-refractivity contribution in [2.24, 2.45) is 0 Å². The summed E-state index contributed by atoms with van der Waals surface area (Å²) < 4.78 is 61.8. The molecule has 0 bridgehead atoms. The fraction of sp³-hybridized carbons (Fsp3) is 0.700. The molecule has 0 saturated heterocycles. The molecule has 0 aliphatic heterocycles. The monoisotopic (exact) mass is 314 g/mol. The molecule has 0 amide bonds. The van der Waals surface area contributed by atoms with E-state index in [2.05, 4.69) is 20.2 Å². The van der Waals surface area contributed by atoms with E-state index in [0.29, 0.717) is 18.7 Å². The molecule has 0 aliphatic rings. The predicted molar refractivity (Wildman–Crippen MR) is 66.4 cm³/mol. The summed E-state index contributed by atoms with van der Waals surface area (Å²) in [6, 6.07) is 0. The molecule has 0 spiro atoms. The van der Waals surface area contributed by atoms with Crippen molar-refractivity contribution in [1.29, 1.82) is 0 Å². The van der Waals surface area contributed by atoms with Gasteiger partial charge in [-0.3, -0.25) is 5.10 Å². The van der Waals surface area contributed by atoms with Crippen LogP contribution in [0.1, 0.15) is 25.3 Å². The lowest BCUT2D eigenvalue weighted by Gasteiger charge is -2.08. The van der Waals surface area contributed by atoms with E-state index in [9.17, 15) is 21.6 Å². The van der Waals surface area contributed by atoms with Crippen LogP contribution in [-0.4, -0.2) is 37.9 Å². The van der Waals surface area contributed by atoms with E-state index in [4.69, 9.17) is 0 Å². The Balaban J connectivity index is 2.58. The first-order chi connectivity index (χ1) is 9.26. The maximum absolute atomic E-state index is 12.0. The normalized spacial score (nSPS) is 12.8. The van der Waals surface area contributed by atoms with E-state index in [1.54, 1.807) is 0 Å². The lowest BCUT2D eigenvalue weighted by atomic mass is 10.3. The predicted octanol–water partition coefficient (Wildman–Crippen LogP) is 1.14. The van der Waals surface area contributed by atoms with Gasteiger partial charge >= 0.3 is 6.18 Å². The van der Waals surface area contributed by atoms with Crippen LogP contribution in [0.5, 0.6) is 0 Å². The Hall–Kier alpha value is -1.13. The van der Waals surface area contributed by atoms with Crippen molar-refractivity contribution in [3.05, 3.63) is 11.8 Å². The zero-order valence-corrected chi connectivity index (χ0v) is 11.7. The summed E-state index contributed by atoms with van der Waals surface area (Å²) in [5.41, 5.74) is 0.440. The lowest BCUT2D eigenvalue weighted by molar-refractivity contribution is -0.135. The van der Waals surface area contributed by atoms with E-state index < -0.39 is 22.6 Å². The number of aromatic nitrogens is 2. The van der Waals surface area contributed by atoms with Crippen molar-refractivity contribution in [2.45, 2.75) is 37.5 Å². The molecular weight excluding hydrogens is 297 g/mol. The van der Waals surface area contributed by atoms with E-state index in [-0.39, 0.29) is 18.0 Å². The van der Waals surface area contributed by atoms with Crippen LogP contribution < -0.4 is 10.0 Å². The molecule has 0 fully saturated rings. The van der Waals surface area contributed by atoms with Crippen LogP contribution in [0.2, 0.25) is 0 Å². The molecule has 116 valence electrons. The fourth-order valence-corrected chi connectivity index (χ4v) is 2.69. The molecule has 0 atom stereocenters. The first-order valence-corrected chi connectivity index (χ1v) is 7.54. The molecule has 1 aromatic rings. The standard InChI is InChI=1S/C10H17F3N4O2S/c1-2-14-6-8-7-15-17-9(8)20(18,19)16-5-3-4-10(11,12)13/h7,14,16H,2-6H2,1H3,(H,15,17). The van der Waals surface area contributed by atoms with E-state index >= 15 is 0 Å². The number of nitrogens with zero attached hydrogens (tertiary/aromatic N) is 1. The smallest absolute Gasteiger partial charge is 0.313 e. The minimum Gasteiger partial charge on any atom is -0.313 e. The third-order valence-electron chi connectivity index (χ3n) is 2.44. The summed E-state index contributed by atoms with van der Waals surface area (Å²) in [7, 11) is -3.87. The van der Waals surface area contributed by atoms with Crippen LogP contribution in [0.4, 0.5) is 13.2 Å². The Morgan fingerprint density at radius 3 is 2.70 bits per heavy atom.